The Hall–Kier alpha value is -0.690. The second-order valence-corrected chi connectivity index (χ2v) is 4.96. The van der Waals surface area contributed by atoms with E-state index in [1.165, 1.54) is 11.3 Å². The van der Waals surface area contributed by atoms with Gasteiger partial charge >= 0.3 is 5.00 Å². The average molecular weight is 278 g/mol. The Labute approximate surface area is 110 Å². The van der Waals surface area contributed by atoms with E-state index in [0.29, 0.717) is 6.04 Å². The summed E-state index contributed by atoms with van der Waals surface area (Å²) in [6, 6.07) is 2.17. The summed E-state index contributed by atoms with van der Waals surface area (Å²) in [4.78, 5) is 12.6. The number of thiophene rings is 1. The highest BCUT2D eigenvalue weighted by atomic mass is 35.5. The Kier molecular flexibility index (Phi) is 5.32. The van der Waals surface area contributed by atoms with Crippen molar-refractivity contribution < 1.29 is 4.92 Å². The van der Waals surface area contributed by atoms with Gasteiger partial charge in [-0.15, -0.1) is 12.4 Å². The first-order valence-corrected chi connectivity index (χ1v) is 6.21. The van der Waals surface area contributed by atoms with Crippen LogP contribution in [0.2, 0.25) is 0 Å². The molecule has 2 rings (SSSR count). The van der Waals surface area contributed by atoms with Crippen LogP contribution in [-0.2, 0) is 6.54 Å². The summed E-state index contributed by atoms with van der Waals surface area (Å²) in [6.45, 7) is 5.98. The summed E-state index contributed by atoms with van der Waals surface area (Å²) in [7, 11) is 0. The van der Waals surface area contributed by atoms with Crippen LogP contribution >= 0.6 is 23.7 Å². The molecule has 0 radical (unpaired) electrons. The van der Waals surface area contributed by atoms with Gasteiger partial charge in [0.05, 0.1) is 4.92 Å². The third-order valence-corrected chi connectivity index (χ3v) is 3.77. The van der Waals surface area contributed by atoms with E-state index in [-0.39, 0.29) is 22.3 Å². The maximum Gasteiger partial charge on any atom is 0.324 e. The quantitative estimate of drug-likeness (QED) is 0.677. The topological polar surface area (TPSA) is 58.4 Å². The van der Waals surface area contributed by atoms with E-state index < -0.39 is 0 Å². The molecule has 0 aliphatic carbocycles. The number of halogens is 1. The van der Waals surface area contributed by atoms with Crippen molar-refractivity contribution in [3.05, 3.63) is 27.1 Å². The summed E-state index contributed by atoms with van der Waals surface area (Å²) in [6.07, 6.45) is 0. The monoisotopic (exact) mass is 277 g/mol. The van der Waals surface area contributed by atoms with Gasteiger partial charge in [0.1, 0.15) is 0 Å². The van der Waals surface area contributed by atoms with Crippen molar-refractivity contribution >= 4 is 28.7 Å². The number of nitro groups is 1. The molecule has 0 spiro atoms. The van der Waals surface area contributed by atoms with E-state index >= 15 is 0 Å². The second-order valence-electron chi connectivity index (χ2n) is 4.07. The third kappa shape index (κ3) is 3.64. The molecule has 1 saturated heterocycles. The van der Waals surface area contributed by atoms with Crippen molar-refractivity contribution in [3.8, 4) is 0 Å². The summed E-state index contributed by atoms with van der Waals surface area (Å²) in [5, 5.41) is 16.0. The van der Waals surface area contributed by atoms with E-state index in [1.807, 2.05) is 5.38 Å². The van der Waals surface area contributed by atoms with Gasteiger partial charge in [0, 0.05) is 43.7 Å². The lowest BCUT2D eigenvalue weighted by Crippen LogP contribution is -2.49. The maximum absolute atomic E-state index is 10.6. The molecule has 0 amide bonds. The molecular weight excluding hydrogens is 262 g/mol. The highest BCUT2D eigenvalue weighted by Crippen LogP contribution is 2.24. The Morgan fingerprint density at radius 3 is 3.06 bits per heavy atom. The lowest BCUT2D eigenvalue weighted by molar-refractivity contribution is -0.380. The lowest BCUT2D eigenvalue weighted by atomic mass is 10.2. The number of nitrogens with zero attached hydrogens (tertiary/aromatic N) is 2. The lowest BCUT2D eigenvalue weighted by Gasteiger charge is -2.33. The first kappa shape index (κ1) is 14.4. The van der Waals surface area contributed by atoms with Crippen LogP contribution in [0.1, 0.15) is 12.5 Å². The van der Waals surface area contributed by atoms with Gasteiger partial charge in [-0.2, -0.15) is 0 Å². The highest BCUT2D eigenvalue weighted by molar-refractivity contribution is 7.13. The van der Waals surface area contributed by atoms with E-state index in [2.05, 4.69) is 17.1 Å². The third-order valence-electron chi connectivity index (χ3n) is 2.84. The Morgan fingerprint density at radius 1 is 1.71 bits per heavy atom. The number of nitrogens with one attached hydrogen (secondary N) is 1. The molecule has 0 unspecified atom stereocenters. The van der Waals surface area contributed by atoms with Crippen LogP contribution in [0, 0.1) is 10.1 Å². The maximum atomic E-state index is 10.6. The fraction of sp³-hybridized carbons (Fsp3) is 0.600. The molecule has 2 heterocycles. The van der Waals surface area contributed by atoms with Gasteiger partial charge in [0.2, 0.25) is 0 Å². The van der Waals surface area contributed by atoms with Gasteiger partial charge in [-0.3, -0.25) is 15.0 Å². The number of hydrogen-bond acceptors (Lipinski definition) is 5. The van der Waals surface area contributed by atoms with Crippen molar-refractivity contribution in [1.29, 1.82) is 0 Å². The molecule has 17 heavy (non-hydrogen) atoms. The molecular formula is C10H16ClN3O2S. The minimum Gasteiger partial charge on any atom is -0.314 e. The molecule has 1 aliphatic rings. The number of piperazine rings is 1. The summed E-state index contributed by atoms with van der Waals surface area (Å²) in [5.41, 5.74) is 1.05. The van der Waals surface area contributed by atoms with Gasteiger partial charge in [-0.25, -0.2) is 0 Å². The molecule has 0 aromatic carbocycles. The molecule has 1 aromatic rings. The van der Waals surface area contributed by atoms with Gasteiger partial charge in [0.25, 0.3) is 0 Å². The average Bonchev–Trinajstić information content (AvgIpc) is 2.70. The van der Waals surface area contributed by atoms with Gasteiger partial charge in [0.15, 0.2) is 0 Å². The van der Waals surface area contributed by atoms with E-state index in [9.17, 15) is 10.1 Å². The molecule has 0 bridgehead atoms. The zero-order chi connectivity index (χ0) is 11.5. The smallest absolute Gasteiger partial charge is 0.314 e. The van der Waals surface area contributed by atoms with Crippen molar-refractivity contribution in [2.45, 2.75) is 19.5 Å². The highest BCUT2D eigenvalue weighted by Gasteiger charge is 2.19. The minimum atomic E-state index is -0.324. The first-order valence-electron chi connectivity index (χ1n) is 5.33. The summed E-state index contributed by atoms with van der Waals surface area (Å²) in [5.74, 6) is 0. The van der Waals surface area contributed by atoms with Gasteiger partial charge < -0.3 is 5.32 Å². The summed E-state index contributed by atoms with van der Waals surface area (Å²) >= 11 is 1.21. The number of hydrogen-bond donors (Lipinski definition) is 1. The Morgan fingerprint density at radius 2 is 2.47 bits per heavy atom. The Bertz CT molecular complexity index is 385. The zero-order valence-electron chi connectivity index (χ0n) is 9.59. The molecule has 96 valence electrons. The second kappa shape index (κ2) is 6.30. The van der Waals surface area contributed by atoms with E-state index in [1.54, 1.807) is 6.07 Å². The van der Waals surface area contributed by atoms with Crippen molar-refractivity contribution in [3.63, 3.8) is 0 Å². The van der Waals surface area contributed by atoms with Crippen LogP contribution in [0.15, 0.2) is 11.4 Å². The molecule has 7 heteroatoms. The van der Waals surface area contributed by atoms with Crippen LogP contribution < -0.4 is 5.32 Å². The molecule has 1 atom stereocenters. The molecule has 1 aromatic heterocycles. The van der Waals surface area contributed by atoms with Crippen molar-refractivity contribution in [1.82, 2.24) is 10.2 Å². The summed E-state index contributed by atoms with van der Waals surface area (Å²) < 4.78 is 0. The molecule has 0 saturated carbocycles. The van der Waals surface area contributed by atoms with Crippen molar-refractivity contribution in [2.24, 2.45) is 0 Å². The Balaban J connectivity index is 0.00000144. The normalized spacial score (nSPS) is 20.9. The molecule has 1 N–H and O–H groups in total. The first-order chi connectivity index (χ1) is 7.66. The standard InChI is InChI=1S/C10H15N3O2S.ClH/c1-8-5-11-2-3-12(8)6-9-4-10(13(14)15)16-7-9;/h4,7-8,11H,2-3,5-6H2,1H3;1H/t8-;/m0./s1. The fourth-order valence-corrected chi connectivity index (χ4v) is 2.61. The van der Waals surface area contributed by atoms with Crippen LogP contribution in [0.5, 0.6) is 0 Å². The molecule has 1 fully saturated rings. The van der Waals surface area contributed by atoms with Gasteiger partial charge in [-0.05, 0) is 12.5 Å². The van der Waals surface area contributed by atoms with Crippen LogP contribution in [0.3, 0.4) is 0 Å². The van der Waals surface area contributed by atoms with Crippen LogP contribution in [-0.4, -0.2) is 35.5 Å². The largest absolute Gasteiger partial charge is 0.324 e. The van der Waals surface area contributed by atoms with E-state index in [4.69, 9.17) is 0 Å². The predicted molar refractivity (Wildman–Crippen MR) is 71.0 cm³/mol. The zero-order valence-corrected chi connectivity index (χ0v) is 11.2. The molecule has 1 aliphatic heterocycles. The van der Waals surface area contributed by atoms with Crippen LogP contribution in [0.25, 0.3) is 0 Å². The minimum absolute atomic E-state index is 0. The van der Waals surface area contributed by atoms with Gasteiger partial charge in [-0.1, -0.05) is 11.3 Å². The fourth-order valence-electron chi connectivity index (χ4n) is 1.89. The number of rotatable bonds is 3. The SMILES string of the molecule is C[C@H]1CNCCN1Cc1csc([N+](=O)[O-])c1.Cl. The molecule has 5 nitrogen and oxygen atoms in total. The van der Waals surface area contributed by atoms with Crippen LogP contribution in [0.4, 0.5) is 5.00 Å². The predicted octanol–water partition coefficient (Wildman–Crippen LogP) is 1.87. The van der Waals surface area contributed by atoms with Crippen molar-refractivity contribution in [2.75, 3.05) is 19.6 Å². The van der Waals surface area contributed by atoms with E-state index in [0.717, 1.165) is 31.7 Å².